The lowest BCUT2D eigenvalue weighted by atomic mass is 10.2. The summed E-state index contributed by atoms with van der Waals surface area (Å²) in [6, 6.07) is 13.5. The summed E-state index contributed by atoms with van der Waals surface area (Å²) in [6.07, 6.45) is 0. The molecule has 2 aromatic rings. The van der Waals surface area contributed by atoms with E-state index in [-0.39, 0.29) is 11.4 Å². The van der Waals surface area contributed by atoms with Gasteiger partial charge >= 0.3 is 0 Å². The zero-order valence-corrected chi connectivity index (χ0v) is 14.0. The first kappa shape index (κ1) is 16.1. The second-order valence-corrected chi connectivity index (χ2v) is 7.15. The standard InChI is InChI=1S/C15H11BrClNO2S/c16-13-7-9-14(10-8-13)21(19,20)18-11-3-5-12-4-1-2-6-15(12)17/h1-2,4,6-10,18H,11H2. The Labute approximate surface area is 137 Å². The molecule has 21 heavy (non-hydrogen) atoms. The Kier molecular flexibility index (Phi) is 5.43. The number of sulfonamides is 1. The summed E-state index contributed by atoms with van der Waals surface area (Å²) >= 11 is 9.22. The summed E-state index contributed by atoms with van der Waals surface area (Å²) in [5.41, 5.74) is 0.669. The van der Waals surface area contributed by atoms with Gasteiger partial charge in [-0.05, 0) is 36.4 Å². The van der Waals surface area contributed by atoms with Gasteiger partial charge in [-0.1, -0.05) is 51.5 Å². The van der Waals surface area contributed by atoms with Crippen LogP contribution < -0.4 is 4.72 Å². The third-order valence-electron chi connectivity index (χ3n) is 2.57. The van der Waals surface area contributed by atoms with Crippen LogP contribution in [-0.4, -0.2) is 15.0 Å². The molecule has 2 aromatic carbocycles. The van der Waals surface area contributed by atoms with Crippen LogP contribution in [0.4, 0.5) is 0 Å². The molecule has 2 rings (SSSR count). The lowest BCUT2D eigenvalue weighted by Crippen LogP contribution is -2.23. The van der Waals surface area contributed by atoms with Gasteiger partial charge in [0.2, 0.25) is 10.0 Å². The van der Waals surface area contributed by atoms with E-state index in [2.05, 4.69) is 32.5 Å². The summed E-state index contributed by atoms with van der Waals surface area (Å²) in [5.74, 6) is 5.58. The van der Waals surface area contributed by atoms with Crippen LogP contribution in [-0.2, 0) is 10.0 Å². The molecule has 0 bridgehead atoms. The van der Waals surface area contributed by atoms with Crippen molar-refractivity contribution in [2.24, 2.45) is 0 Å². The van der Waals surface area contributed by atoms with Gasteiger partial charge in [0.05, 0.1) is 16.5 Å². The molecule has 0 saturated heterocycles. The van der Waals surface area contributed by atoms with E-state index in [0.29, 0.717) is 10.6 Å². The van der Waals surface area contributed by atoms with E-state index in [4.69, 9.17) is 11.6 Å². The number of benzene rings is 2. The Morgan fingerprint density at radius 2 is 1.76 bits per heavy atom. The van der Waals surface area contributed by atoms with Gasteiger partial charge in [-0.2, -0.15) is 4.72 Å². The minimum Gasteiger partial charge on any atom is -0.207 e. The Bertz CT molecular complexity index is 792. The van der Waals surface area contributed by atoms with E-state index in [9.17, 15) is 8.42 Å². The van der Waals surface area contributed by atoms with E-state index in [0.717, 1.165) is 4.47 Å². The summed E-state index contributed by atoms with van der Waals surface area (Å²) in [4.78, 5) is 0.199. The van der Waals surface area contributed by atoms with Gasteiger partial charge < -0.3 is 0 Å². The van der Waals surface area contributed by atoms with E-state index in [1.165, 1.54) is 12.1 Å². The van der Waals surface area contributed by atoms with Crippen molar-refractivity contribution < 1.29 is 8.42 Å². The van der Waals surface area contributed by atoms with Gasteiger partial charge in [0, 0.05) is 10.0 Å². The second kappa shape index (κ2) is 7.10. The first-order valence-electron chi connectivity index (χ1n) is 5.98. The normalized spacial score (nSPS) is 10.8. The zero-order chi connectivity index (χ0) is 15.3. The first-order valence-corrected chi connectivity index (χ1v) is 8.63. The molecule has 0 radical (unpaired) electrons. The van der Waals surface area contributed by atoms with Crippen LogP contribution in [0.15, 0.2) is 57.9 Å². The topological polar surface area (TPSA) is 46.2 Å². The predicted octanol–water partition coefficient (Wildman–Crippen LogP) is 3.43. The maximum atomic E-state index is 12.0. The second-order valence-electron chi connectivity index (χ2n) is 4.06. The maximum Gasteiger partial charge on any atom is 0.241 e. The lowest BCUT2D eigenvalue weighted by molar-refractivity contribution is 0.586. The van der Waals surface area contributed by atoms with Crippen LogP contribution in [0, 0.1) is 11.8 Å². The molecule has 1 N–H and O–H groups in total. The molecule has 0 saturated carbocycles. The van der Waals surface area contributed by atoms with Crippen LogP contribution in [0.5, 0.6) is 0 Å². The molecule has 0 aliphatic rings. The molecule has 0 unspecified atom stereocenters. The van der Waals surface area contributed by atoms with Crippen molar-refractivity contribution in [1.82, 2.24) is 4.72 Å². The Balaban J connectivity index is 2.04. The fourth-order valence-corrected chi connectivity index (χ4v) is 2.90. The van der Waals surface area contributed by atoms with Crippen molar-refractivity contribution in [3.05, 3.63) is 63.6 Å². The van der Waals surface area contributed by atoms with Crippen LogP contribution >= 0.6 is 27.5 Å². The summed E-state index contributed by atoms with van der Waals surface area (Å²) in [7, 11) is -3.55. The predicted molar refractivity (Wildman–Crippen MR) is 87.7 cm³/mol. The van der Waals surface area contributed by atoms with Crippen molar-refractivity contribution in [2.75, 3.05) is 6.54 Å². The van der Waals surface area contributed by atoms with Crippen LogP contribution in [0.25, 0.3) is 0 Å². The van der Waals surface area contributed by atoms with Crippen LogP contribution in [0.3, 0.4) is 0 Å². The van der Waals surface area contributed by atoms with Crippen molar-refractivity contribution in [2.45, 2.75) is 4.90 Å². The Hall–Kier alpha value is -1.32. The fourth-order valence-electron chi connectivity index (χ4n) is 1.53. The molecule has 6 heteroatoms. The number of rotatable bonds is 3. The molecule has 0 heterocycles. The Morgan fingerprint density at radius 1 is 1.10 bits per heavy atom. The van der Waals surface area contributed by atoms with Gasteiger partial charge in [-0.25, -0.2) is 8.42 Å². The average molecular weight is 385 g/mol. The summed E-state index contributed by atoms with van der Waals surface area (Å²) in [5, 5.41) is 0.542. The van der Waals surface area contributed by atoms with E-state index in [1.54, 1.807) is 24.3 Å². The monoisotopic (exact) mass is 383 g/mol. The van der Waals surface area contributed by atoms with E-state index < -0.39 is 10.0 Å². The molecule has 108 valence electrons. The van der Waals surface area contributed by atoms with Crippen LogP contribution in [0.1, 0.15) is 5.56 Å². The minimum absolute atomic E-state index is 0.0175. The minimum atomic E-state index is -3.55. The van der Waals surface area contributed by atoms with Gasteiger partial charge in [-0.3, -0.25) is 0 Å². The molecule has 0 spiro atoms. The molecule has 0 amide bonds. The highest BCUT2D eigenvalue weighted by Crippen LogP contribution is 2.14. The number of nitrogens with one attached hydrogen (secondary N) is 1. The van der Waals surface area contributed by atoms with Crippen molar-refractivity contribution in [3.8, 4) is 11.8 Å². The summed E-state index contributed by atoms with van der Waals surface area (Å²) < 4.78 is 27.2. The molecule has 0 aromatic heterocycles. The maximum absolute atomic E-state index is 12.0. The molecule has 0 atom stereocenters. The molecule has 0 aliphatic heterocycles. The zero-order valence-electron chi connectivity index (χ0n) is 10.8. The third kappa shape index (κ3) is 4.58. The van der Waals surface area contributed by atoms with Crippen LogP contribution in [0.2, 0.25) is 5.02 Å². The quantitative estimate of drug-likeness (QED) is 0.824. The molecule has 0 fully saturated rings. The lowest BCUT2D eigenvalue weighted by Gasteiger charge is -2.03. The van der Waals surface area contributed by atoms with E-state index >= 15 is 0 Å². The van der Waals surface area contributed by atoms with E-state index in [1.807, 2.05) is 12.1 Å². The fraction of sp³-hybridized carbons (Fsp3) is 0.0667. The average Bonchev–Trinajstić information content (AvgIpc) is 2.46. The van der Waals surface area contributed by atoms with Gasteiger partial charge in [0.15, 0.2) is 0 Å². The van der Waals surface area contributed by atoms with Gasteiger partial charge in [-0.15, -0.1) is 0 Å². The first-order chi connectivity index (χ1) is 9.99. The molecule has 0 aliphatic carbocycles. The van der Waals surface area contributed by atoms with Gasteiger partial charge in [0.25, 0.3) is 0 Å². The molecular weight excluding hydrogens is 374 g/mol. The SMILES string of the molecule is O=S(=O)(NCC#Cc1ccccc1Cl)c1ccc(Br)cc1. The highest BCUT2D eigenvalue weighted by Gasteiger charge is 2.11. The van der Waals surface area contributed by atoms with Crippen molar-refractivity contribution in [1.29, 1.82) is 0 Å². The Morgan fingerprint density at radius 3 is 2.43 bits per heavy atom. The highest BCUT2D eigenvalue weighted by atomic mass is 79.9. The number of halogens is 2. The largest absolute Gasteiger partial charge is 0.241 e. The third-order valence-corrected chi connectivity index (χ3v) is 4.85. The van der Waals surface area contributed by atoms with Gasteiger partial charge in [0.1, 0.15) is 0 Å². The van der Waals surface area contributed by atoms with Crippen molar-refractivity contribution >= 4 is 37.6 Å². The smallest absolute Gasteiger partial charge is 0.207 e. The van der Waals surface area contributed by atoms with Crippen molar-refractivity contribution in [3.63, 3.8) is 0 Å². The molecule has 3 nitrogen and oxygen atoms in total. The number of hydrogen-bond acceptors (Lipinski definition) is 2. The summed E-state index contributed by atoms with van der Waals surface area (Å²) in [6.45, 7) is 0.0175. The number of hydrogen-bond donors (Lipinski definition) is 1. The molecular formula is C15H11BrClNO2S. The highest BCUT2D eigenvalue weighted by molar-refractivity contribution is 9.10.